The number of nitriles is 1. The van der Waals surface area contributed by atoms with Gasteiger partial charge in [-0.05, 0) is 12.8 Å². The first kappa shape index (κ1) is 11.0. The Hall–Kier alpha value is -1.04. The highest BCUT2D eigenvalue weighted by atomic mass is 16.2. The largest absolute Gasteiger partial charge is 0.342 e. The second kappa shape index (κ2) is 4.45. The predicted molar refractivity (Wildman–Crippen MR) is 54.3 cm³/mol. The van der Waals surface area contributed by atoms with Crippen molar-refractivity contribution in [1.82, 2.24) is 4.90 Å². The Labute approximate surface area is 85.7 Å². The topological polar surface area (TPSA) is 44.1 Å². The van der Waals surface area contributed by atoms with Crippen molar-refractivity contribution < 1.29 is 4.79 Å². The van der Waals surface area contributed by atoms with Crippen molar-refractivity contribution >= 4 is 5.91 Å². The van der Waals surface area contributed by atoms with E-state index in [-0.39, 0.29) is 17.7 Å². The fraction of sp³-hybridized carbons (Fsp3) is 0.818. The lowest BCUT2D eigenvalue weighted by Crippen LogP contribution is -2.29. The van der Waals surface area contributed by atoms with Crippen LogP contribution in [0.1, 0.15) is 27.2 Å². The highest BCUT2D eigenvalue weighted by molar-refractivity contribution is 5.78. The Morgan fingerprint density at radius 3 is 2.71 bits per heavy atom. The van der Waals surface area contributed by atoms with Crippen LogP contribution in [0.3, 0.4) is 0 Å². The standard InChI is InChI=1S/C11H18N2O/c1-8(2)6-13-7-10(4-11(13)14)9(3)5-12/h8-10H,4,6-7H2,1-3H3. The van der Waals surface area contributed by atoms with Gasteiger partial charge in [-0.3, -0.25) is 4.79 Å². The van der Waals surface area contributed by atoms with Crippen LogP contribution in [-0.2, 0) is 4.79 Å². The van der Waals surface area contributed by atoms with Crippen molar-refractivity contribution in [1.29, 1.82) is 5.26 Å². The highest BCUT2D eigenvalue weighted by Gasteiger charge is 2.32. The third kappa shape index (κ3) is 2.47. The molecule has 14 heavy (non-hydrogen) atoms. The number of carbonyl (C=O) groups is 1. The Morgan fingerprint density at radius 2 is 2.21 bits per heavy atom. The van der Waals surface area contributed by atoms with E-state index in [4.69, 9.17) is 5.26 Å². The molecule has 78 valence electrons. The minimum Gasteiger partial charge on any atom is -0.342 e. The van der Waals surface area contributed by atoms with Crippen LogP contribution in [0, 0.1) is 29.1 Å². The van der Waals surface area contributed by atoms with E-state index in [0.717, 1.165) is 13.1 Å². The van der Waals surface area contributed by atoms with Gasteiger partial charge in [0.1, 0.15) is 0 Å². The predicted octanol–water partition coefficient (Wildman–Crippen LogP) is 1.65. The van der Waals surface area contributed by atoms with Crippen LogP contribution in [-0.4, -0.2) is 23.9 Å². The van der Waals surface area contributed by atoms with E-state index >= 15 is 0 Å². The average molecular weight is 194 g/mol. The Bertz CT molecular complexity index is 255. The molecule has 0 aliphatic carbocycles. The zero-order chi connectivity index (χ0) is 10.7. The van der Waals surface area contributed by atoms with Gasteiger partial charge in [-0.15, -0.1) is 0 Å². The molecule has 0 aromatic heterocycles. The van der Waals surface area contributed by atoms with Crippen molar-refractivity contribution in [3.63, 3.8) is 0 Å². The molecule has 0 aromatic rings. The van der Waals surface area contributed by atoms with Crippen LogP contribution < -0.4 is 0 Å². The summed E-state index contributed by atoms with van der Waals surface area (Å²) in [6, 6.07) is 2.22. The van der Waals surface area contributed by atoms with Gasteiger partial charge in [0.15, 0.2) is 0 Å². The van der Waals surface area contributed by atoms with Gasteiger partial charge in [0.2, 0.25) is 5.91 Å². The first-order valence-corrected chi connectivity index (χ1v) is 5.22. The minimum absolute atomic E-state index is 0.00360. The maximum Gasteiger partial charge on any atom is 0.222 e. The van der Waals surface area contributed by atoms with Gasteiger partial charge >= 0.3 is 0 Å². The Morgan fingerprint density at radius 1 is 1.57 bits per heavy atom. The number of nitrogens with zero attached hydrogens (tertiary/aromatic N) is 2. The summed E-state index contributed by atoms with van der Waals surface area (Å²) in [6.07, 6.45) is 0.557. The number of amides is 1. The lowest BCUT2D eigenvalue weighted by molar-refractivity contribution is -0.128. The molecule has 3 heteroatoms. The maximum atomic E-state index is 11.6. The zero-order valence-corrected chi connectivity index (χ0v) is 9.16. The lowest BCUT2D eigenvalue weighted by Gasteiger charge is -2.19. The van der Waals surface area contributed by atoms with E-state index in [1.807, 2.05) is 11.8 Å². The van der Waals surface area contributed by atoms with Gasteiger partial charge in [-0.25, -0.2) is 0 Å². The molecule has 0 aromatic carbocycles. The smallest absolute Gasteiger partial charge is 0.222 e. The minimum atomic E-state index is -0.00360. The number of carbonyl (C=O) groups excluding carboxylic acids is 1. The average Bonchev–Trinajstić information content (AvgIpc) is 2.46. The van der Waals surface area contributed by atoms with E-state index in [9.17, 15) is 4.79 Å². The highest BCUT2D eigenvalue weighted by Crippen LogP contribution is 2.25. The van der Waals surface area contributed by atoms with Gasteiger partial charge in [0, 0.05) is 31.3 Å². The van der Waals surface area contributed by atoms with Crippen LogP contribution in [0.2, 0.25) is 0 Å². The summed E-state index contributed by atoms with van der Waals surface area (Å²) in [5, 5.41) is 8.77. The molecule has 2 unspecified atom stereocenters. The second-order valence-electron chi connectivity index (χ2n) is 4.57. The Kier molecular flexibility index (Phi) is 3.51. The SMILES string of the molecule is CC(C)CN1CC(C(C)C#N)CC1=O. The normalized spacial score (nSPS) is 24.1. The molecule has 0 radical (unpaired) electrons. The van der Waals surface area contributed by atoms with Crippen molar-refractivity contribution in [2.75, 3.05) is 13.1 Å². The van der Waals surface area contributed by atoms with Gasteiger partial charge in [0.05, 0.1) is 6.07 Å². The van der Waals surface area contributed by atoms with E-state index in [0.29, 0.717) is 12.3 Å². The number of hydrogen-bond donors (Lipinski definition) is 0. The van der Waals surface area contributed by atoms with E-state index in [2.05, 4.69) is 19.9 Å². The van der Waals surface area contributed by atoms with Crippen LogP contribution >= 0.6 is 0 Å². The monoisotopic (exact) mass is 194 g/mol. The molecule has 0 spiro atoms. The van der Waals surface area contributed by atoms with Crippen molar-refractivity contribution in [2.45, 2.75) is 27.2 Å². The van der Waals surface area contributed by atoms with Crippen molar-refractivity contribution in [3.05, 3.63) is 0 Å². The number of hydrogen-bond acceptors (Lipinski definition) is 2. The Balaban J connectivity index is 2.52. The molecule has 0 N–H and O–H groups in total. The number of likely N-dealkylation sites (tertiary alicyclic amines) is 1. The summed E-state index contributed by atoms with van der Waals surface area (Å²) in [6.45, 7) is 7.71. The van der Waals surface area contributed by atoms with Gasteiger partial charge in [-0.1, -0.05) is 13.8 Å². The molecule has 1 fully saturated rings. The first-order chi connectivity index (χ1) is 6.54. The summed E-state index contributed by atoms with van der Waals surface area (Å²) in [4.78, 5) is 13.4. The third-order valence-electron chi connectivity index (χ3n) is 2.74. The molecule has 1 rings (SSSR count). The molecule has 1 amide bonds. The van der Waals surface area contributed by atoms with Crippen molar-refractivity contribution in [3.8, 4) is 6.07 Å². The number of rotatable bonds is 3. The summed E-state index contributed by atoms with van der Waals surface area (Å²) < 4.78 is 0. The second-order valence-corrected chi connectivity index (χ2v) is 4.57. The molecule has 0 saturated carbocycles. The van der Waals surface area contributed by atoms with Crippen LogP contribution in [0.25, 0.3) is 0 Å². The third-order valence-corrected chi connectivity index (χ3v) is 2.74. The summed E-state index contributed by atoms with van der Waals surface area (Å²) in [5.74, 6) is 0.961. The lowest BCUT2D eigenvalue weighted by atomic mass is 9.95. The molecule has 1 heterocycles. The van der Waals surface area contributed by atoms with Gasteiger partial charge in [0.25, 0.3) is 0 Å². The van der Waals surface area contributed by atoms with Gasteiger partial charge in [-0.2, -0.15) is 5.26 Å². The summed E-state index contributed by atoms with van der Waals surface area (Å²) >= 11 is 0. The van der Waals surface area contributed by atoms with E-state index in [1.165, 1.54) is 0 Å². The quantitative estimate of drug-likeness (QED) is 0.685. The fourth-order valence-corrected chi connectivity index (χ4v) is 1.86. The molecule has 1 aliphatic heterocycles. The summed E-state index contributed by atoms with van der Waals surface area (Å²) in [5.41, 5.74) is 0. The maximum absolute atomic E-state index is 11.6. The fourth-order valence-electron chi connectivity index (χ4n) is 1.86. The van der Waals surface area contributed by atoms with Crippen molar-refractivity contribution in [2.24, 2.45) is 17.8 Å². The molecular weight excluding hydrogens is 176 g/mol. The molecular formula is C11H18N2O. The molecule has 1 saturated heterocycles. The molecule has 1 aliphatic rings. The molecule has 2 atom stereocenters. The van der Waals surface area contributed by atoms with Crippen LogP contribution in [0.5, 0.6) is 0 Å². The van der Waals surface area contributed by atoms with Crippen LogP contribution in [0.15, 0.2) is 0 Å². The van der Waals surface area contributed by atoms with Crippen LogP contribution in [0.4, 0.5) is 0 Å². The van der Waals surface area contributed by atoms with Gasteiger partial charge < -0.3 is 4.90 Å². The molecule has 0 bridgehead atoms. The first-order valence-electron chi connectivity index (χ1n) is 5.22. The zero-order valence-electron chi connectivity index (χ0n) is 9.16. The molecule has 3 nitrogen and oxygen atoms in total. The summed E-state index contributed by atoms with van der Waals surface area (Å²) in [7, 11) is 0. The van der Waals surface area contributed by atoms with E-state index < -0.39 is 0 Å². The van der Waals surface area contributed by atoms with E-state index in [1.54, 1.807) is 0 Å².